The highest BCUT2D eigenvalue weighted by atomic mass is 19.1. The molecule has 0 bridgehead atoms. The van der Waals surface area contributed by atoms with E-state index in [0.29, 0.717) is 23.6 Å². The number of hydrogen-bond donors (Lipinski definition) is 2. The molecule has 6 nitrogen and oxygen atoms in total. The molecule has 3 rings (SSSR count). The van der Waals surface area contributed by atoms with E-state index in [0.717, 1.165) is 5.56 Å². The van der Waals surface area contributed by atoms with Crippen LogP contribution in [0.4, 0.5) is 10.1 Å². The van der Waals surface area contributed by atoms with E-state index in [4.69, 9.17) is 4.74 Å². The van der Waals surface area contributed by atoms with Crippen molar-refractivity contribution < 1.29 is 18.7 Å². The van der Waals surface area contributed by atoms with Gasteiger partial charge < -0.3 is 10.1 Å². The van der Waals surface area contributed by atoms with Crippen LogP contribution in [0.1, 0.15) is 24.0 Å². The summed E-state index contributed by atoms with van der Waals surface area (Å²) < 4.78 is 18.7. The minimum Gasteiger partial charge on any atom is -0.488 e. The highest BCUT2D eigenvalue weighted by Gasteiger charge is 2.07. The van der Waals surface area contributed by atoms with Crippen molar-refractivity contribution in [2.24, 2.45) is 5.10 Å². The van der Waals surface area contributed by atoms with Crippen molar-refractivity contribution in [2.45, 2.75) is 19.4 Å². The summed E-state index contributed by atoms with van der Waals surface area (Å²) in [6, 6.07) is 22.5. The maximum atomic E-state index is 12.9. The third kappa shape index (κ3) is 7.40. The van der Waals surface area contributed by atoms with Crippen LogP contribution in [0.25, 0.3) is 0 Å². The molecular formula is C24H22FN3O3. The normalized spacial score (nSPS) is 10.6. The van der Waals surface area contributed by atoms with Gasteiger partial charge in [0.2, 0.25) is 11.8 Å². The zero-order chi connectivity index (χ0) is 21.9. The molecule has 0 fully saturated rings. The predicted octanol–water partition coefficient (Wildman–Crippen LogP) is 4.27. The summed E-state index contributed by atoms with van der Waals surface area (Å²) in [6.45, 7) is 0.418. The Kier molecular flexibility index (Phi) is 7.88. The van der Waals surface area contributed by atoms with Crippen LogP contribution in [-0.4, -0.2) is 18.0 Å². The second-order valence-electron chi connectivity index (χ2n) is 6.66. The maximum Gasteiger partial charge on any atom is 0.240 e. The fourth-order valence-corrected chi connectivity index (χ4v) is 2.67. The Morgan fingerprint density at radius 2 is 1.55 bits per heavy atom. The quantitative estimate of drug-likeness (QED) is 0.401. The van der Waals surface area contributed by atoms with E-state index in [2.05, 4.69) is 15.8 Å². The van der Waals surface area contributed by atoms with Gasteiger partial charge in [-0.1, -0.05) is 42.5 Å². The van der Waals surface area contributed by atoms with Crippen molar-refractivity contribution >= 4 is 23.7 Å². The fraction of sp³-hybridized carbons (Fsp3) is 0.125. The zero-order valence-corrected chi connectivity index (χ0v) is 16.8. The molecule has 3 aromatic carbocycles. The number of anilines is 1. The number of carbonyl (C=O) groups excluding carboxylic acids is 2. The van der Waals surface area contributed by atoms with Crippen molar-refractivity contribution in [1.29, 1.82) is 0 Å². The van der Waals surface area contributed by atoms with E-state index in [1.54, 1.807) is 0 Å². The number of hydrazone groups is 1. The van der Waals surface area contributed by atoms with Crippen LogP contribution in [0.15, 0.2) is 84.0 Å². The highest BCUT2D eigenvalue weighted by Crippen LogP contribution is 2.17. The van der Waals surface area contributed by atoms with Gasteiger partial charge in [0.1, 0.15) is 18.2 Å². The lowest BCUT2D eigenvalue weighted by Crippen LogP contribution is -2.20. The van der Waals surface area contributed by atoms with Gasteiger partial charge >= 0.3 is 0 Å². The van der Waals surface area contributed by atoms with E-state index in [9.17, 15) is 14.0 Å². The number of para-hydroxylation sites is 1. The lowest BCUT2D eigenvalue weighted by atomic mass is 10.2. The van der Waals surface area contributed by atoms with Crippen LogP contribution < -0.4 is 15.5 Å². The van der Waals surface area contributed by atoms with Crippen LogP contribution in [0.5, 0.6) is 5.75 Å². The molecule has 2 N–H and O–H groups in total. The molecule has 31 heavy (non-hydrogen) atoms. The second kappa shape index (κ2) is 11.3. The minimum atomic E-state index is -0.395. The van der Waals surface area contributed by atoms with Crippen molar-refractivity contribution in [2.75, 3.05) is 5.32 Å². The predicted molar refractivity (Wildman–Crippen MR) is 117 cm³/mol. The molecule has 158 valence electrons. The van der Waals surface area contributed by atoms with E-state index < -0.39 is 5.91 Å². The van der Waals surface area contributed by atoms with Crippen molar-refractivity contribution in [3.63, 3.8) is 0 Å². The van der Waals surface area contributed by atoms with Crippen molar-refractivity contribution in [1.82, 2.24) is 5.43 Å². The molecule has 0 aromatic heterocycles. The van der Waals surface area contributed by atoms with Gasteiger partial charge in [-0.2, -0.15) is 5.10 Å². The molecule has 0 heterocycles. The summed E-state index contributed by atoms with van der Waals surface area (Å²) in [5, 5.41) is 6.55. The number of carbonyl (C=O) groups is 2. The van der Waals surface area contributed by atoms with Crippen molar-refractivity contribution in [3.05, 3.63) is 95.8 Å². The number of ether oxygens (including phenoxy) is 1. The molecule has 0 unspecified atom stereocenters. The molecule has 0 saturated heterocycles. The Balaban J connectivity index is 1.45. The van der Waals surface area contributed by atoms with Gasteiger partial charge in [0.15, 0.2) is 0 Å². The largest absolute Gasteiger partial charge is 0.488 e. The fourth-order valence-electron chi connectivity index (χ4n) is 2.67. The molecule has 7 heteroatoms. The average Bonchev–Trinajstić information content (AvgIpc) is 2.79. The van der Waals surface area contributed by atoms with E-state index >= 15 is 0 Å². The first-order valence-electron chi connectivity index (χ1n) is 9.73. The first-order valence-corrected chi connectivity index (χ1v) is 9.73. The number of amides is 2. The van der Waals surface area contributed by atoms with Gasteiger partial charge in [-0.05, 0) is 42.0 Å². The standard InChI is InChI=1S/C24H22FN3O3/c25-20-10-12-21(13-11-20)27-23(29)14-15-24(30)28-26-16-19-8-4-5-9-22(19)31-17-18-6-2-1-3-7-18/h1-13,16H,14-15,17H2,(H,27,29)(H,28,30). The smallest absolute Gasteiger partial charge is 0.240 e. The van der Waals surface area contributed by atoms with Gasteiger partial charge in [0, 0.05) is 24.1 Å². The van der Waals surface area contributed by atoms with Crippen molar-refractivity contribution in [3.8, 4) is 5.75 Å². The number of nitrogens with zero attached hydrogens (tertiary/aromatic N) is 1. The Morgan fingerprint density at radius 1 is 0.871 bits per heavy atom. The van der Waals surface area contributed by atoms with E-state index in [-0.39, 0.29) is 24.6 Å². The first-order chi connectivity index (χ1) is 15.1. The number of hydrogen-bond acceptors (Lipinski definition) is 4. The van der Waals surface area contributed by atoms with Crippen LogP contribution >= 0.6 is 0 Å². The average molecular weight is 419 g/mol. The third-order valence-electron chi connectivity index (χ3n) is 4.26. The Labute approximate surface area is 179 Å². The molecule has 0 spiro atoms. The highest BCUT2D eigenvalue weighted by molar-refractivity contribution is 5.93. The summed E-state index contributed by atoms with van der Waals surface area (Å²) in [5.41, 5.74) is 4.63. The third-order valence-corrected chi connectivity index (χ3v) is 4.26. The summed E-state index contributed by atoms with van der Waals surface area (Å²) in [5.74, 6) is -0.483. The van der Waals surface area contributed by atoms with Gasteiger partial charge in [-0.3, -0.25) is 9.59 Å². The topological polar surface area (TPSA) is 79.8 Å². The van der Waals surface area contributed by atoms with Gasteiger partial charge in [0.25, 0.3) is 0 Å². The van der Waals surface area contributed by atoms with E-state index in [1.165, 1.54) is 30.5 Å². The zero-order valence-electron chi connectivity index (χ0n) is 16.8. The summed E-state index contributed by atoms with van der Waals surface area (Å²) in [7, 11) is 0. The first kappa shape index (κ1) is 21.7. The van der Waals surface area contributed by atoms with Gasteiger partial charge in [0.05, 0.1) is 6.21 Å². The number of benzene rings is 3. The van der Waals surface area contributed by atoms with Crippen LogP contribution in [0.3, 0.4) is 0 Å². The van der Waals surface area contributed by atoms with Gasteiger partial charge in [-0.15, -0.1) is 0 Å². The molecule has 3 aromatic rings. The second-order valence-corrected chi connectivity index (χ2v) is 6.66. The summed E-state index contributed by atoms with van der Waals surface area (Å²) in [4.78, 5) is 23.8. The molecular weight excluding hydrogens is 397 g/mol. The van der Waals surface area contributed by atoms with Crippen LogP contribution in [-0.2, 0) is 16.2 Å². The lowest BCUT2D eigenvalue weighted by molar-refractivity contribution is -0.124. The van der Waals surface area contributed by atoms with Gasteiger partial charge in [-0.25, -0.2) is 9.82 Å². The molecule has 2 amide bonds. The lowest BCUT2D eigenvalue weighted by Gasteiger charge is -2.09. The number of rotatable bonds is 9. The van der Waals surface area contributed by atoms with E-state index in [1.807, 2.05) is 54.6 Å². The Hall–Kier alpha value is -4.00. The monoisotopic (exact) mass is 419 g/mol. The molecule has 0 atom stereocenters. The van der Waals surface area contributed by atoms with Crippen LogP contribution in [0.2, 0.25) is 0 Å². The molecule has 0 saturated carbocycles. The SMILES string of the molecule is O=C(CCC(=O)Nc1ccc(F)cc1)NN=Cc1ccccc1OCc1ccccc1. The molecule has 0 aliphatic heterocycles. The maximum absolute atomic E-state index is 12.9. The number of nitrogens with one attached hydrogen (secondary N) is 2. The summed E-state index contributed by atoms with van der Waals surface area (Å²) in [6.07, 6.45) is 1.45. The Morgan fingerprint density at radius 3 is 2.32 bits per heavy atom. The molecule has 0 aliphatic carbocycles. The van der Waals surface area contributed by atoms with Crippen LogP contribution in [0, 0.1) is 5.82 Å². The number of halogens is 1. The summed E-state index contributed by atoms with van der Waals surface area (Å²) >= 11 is 0. The molecule has 0 radical (unpaired) electrons. The Bertz CT molecular complexity index is 1040. The molecule has 0 aliphatic rings. The minimum absolute atomic E-state index is 0.0183.